The van der Waals surface area contributed by atoms with Gasteiger partial charge in [-0.25, -0.2) is 0 Å². The van der Waals surface area contributed by atoms with Crippen molar-refractivity contribution in [2.24, 2.45) is 11.8 Å². The minimum atomic E-state index is -0.762. The molecule has 0 rings (SSSR count). The molecular formula is C55H106O6. The zero-order valence-electron chi connectivity index (χ0n) is 41.8. The quantitative estimate of drug-likeness (QED) is 0.0344. The molecular weight excluding hydrogens is 757 g/mol. The highest BCUT2D eigenvalue weighted by atomic mass is 16.6. The standard InChI is InChI=1S/C55H106O6/c1-6-8-9-10-11-12-13-19-25-30-35-40-45-53(56)59-48-52(61-55(58)47-42-37-32-27-22-21-24-29-34-39-44-51(5)7-2)49-60-54(57)46-41-36-31-26-20-17-15-14-16-18-23-28-33-38-43-50(3)4/h50-52H,6-49H2,1-5H3/t51?,52-/m1/s1. The molecule has 0 fully saturated rings. The number of hydrogen-bond donors (Lipinski definition) is 0. The van der Waals surface area contributed by atoms with Gasteiger partial charge >= 0.3 is 17.9 Å². The molecule has 0 spiro atoms. The number of rotatable bonds is 49. The van der Waals surface area contributed by atoms with Crippen LogP contribution in [0.25, 0.3) is 0 Å². The van der Waals surface area contributed by atoms with Crippen LogP contribution in [0.3, 0.4) is 0 Å². The molecule has 0 saturated heterocycles. The Morgan fingerprint density at radius 2 is 0.623 bits per heavy atom. The van der Waals surface area contributed by atoms with Gasteiger partial charge in [-0.2, -0.15) is 0 Å². The maximum atomic E-state index is 12.8. The molecule has 2 atom stereocenters. The molecule has 6 heteroatoms. The van der Waals surface area contributed by atoms with Gasteiger partial charge in [0.2, 0.25) is 0 Å². The molecule has 6 nitrogen and oxygen atoms in total. The van der Waals surface area contributed by atoms with E-state index in [0.29, 0.717) is 19.3 Å². The van der Waals surface area contributed by atoms with E-state index >= 15 is 0 Å². The van der Waals surface area contributed by atoms with E-state index in [1.54, 1.807) is 0 Å². The second-order valence-electron chi connectivity index (χ2n) is 19.6. The molecule has 1 unspecified atom stereocenters. The summed E-state index contributed by atoms with van der Waals surface area (Å²) in [5, 5.41) is 0. The Balaban J connectivity index is 4.30. The maximum absolute atomic E-state index is 12.8. The molecule has 0 aliphatic heterocycles. The third kappa shape index (κ3) is 47.7. The molecule has 0 aliphatic rings. The Morgan fingerprint density at radius 3 is 0.934 bits per heavy atom. The monoisotopic (exact) mass is 863 g/mol. The smallest absolute Gasteiger partial charge is 0.306 e. The lowest BCUT2D eigenvalue weighted by atomic mass is 9.99. The summed E-state index contributed by atoms with van der Waals surface area (Å²) < 4.78 is 16.8. The van der Waals surface area contributed by atoms with Crippen molar-refractivity contribution in [3.63, 3.8) is 0 Å². The lowest BCUT2D eigenvalue weighted by Crippen LogP contribution is -2.30. The largest absolute Gasteiger partial charge is 0.462 e. The van der Waals surface area contributed by atoms with E-state index in [2.05, 4.69) is 34.6 Å². The van der Waals surface area contributed by atoms with Crippen LogP contribution in [-0.4, -0.2) is 37.2 Å². The molecule has 0 heterocycles. The van der Waals surface area contributed by atoms with E-state index in [1.165, 1.54) is 193 Å². The van der Waals surface area contributed by atoms with Crippen LogP contribution in [0.1, 0.15) is 304 Å². The highest BCUT2D eigenvalue weighted by molar-refractivity contribution is 5.71. The summed E-state index contributed by atoms with van der Waals surface area (Å²) in [5.74, 6) is 0.868. The van der Waals surface area contributed by atoms with Crippen molar-refractivity contribution in [3.05, 3.63) is 0 Å². The maximum Gasteiger partial charge on any atom is 0.306 e. The zero-order valence-corrected chi connectivity index (χ0v) is 41.8. The summed E-state index contributed by atoms with van der Waals surface area (Å²) in [5.41, 5.74) is 0. The van der Waals surface area contributed by atoms with Crippen LogP contribution in [0.2, 0.25) is 0 Å². The highest BCUT2D eigenvalue weighted by Crippen LogP contribution is 2.18. The summed E-state index contributed by atoms with van der Waals surface area (Å²) >= 11 is 0. The Bertz CT molecular complexity index is 933. The van der Waals surface area contributed by atoms with Crippen LogP contribution >= 0.6 is 0 Å². The predicted octanol–water partition coefficient (Wildman–Crippen LogP) is 17.7. The molecule has 0 aromatic rings. The molecule has 0 radical (unpaired) electrons. The summed E-state index contributed by atoms with van der Waals surface area (Å²) in [7, 11) is 0. The lowest BCUT2D eigenvalue weighted by Gasteiger charge is -2.18. The fourth-order valence-electron chi connectivity index (χ4n) is 8.31. The van der Waals surface area contributed by atoms with E-state index < -0.39 is 6.10 Å². The summed E-state index contributed by atoms with van der Waals surface area (Å²) in [4.78, 5) is 38.0. The highest BCUT2D eigenvalue weighted by Gasteiger charge is 2.19. The molecule has 0 aliphatic carbocycles. The van der Waals surface area contributed by atoms with E-state index in [9.17, 15) is 14.4 Å². The fraction of sp³-hybridized carbons (Fsp3) is 0.945. The average molecular weight is 863 g/mol. The normalized spacial score (nSPS) is 12.5. The molecule has 362 valence electrons. The van der Waals surface area contributed by atoms with E-state index in [1.807, 2.05) is 0 Å². The van der Waals surface area contributed by atoms with Gasteiger partial charge in [0, 0.05) is 19.3 Å². The van der Waals surface area contributed by atoms with Gasteiger partial charge in [-0.3, -0.25) is 14.4 Å². The van der Waals surface area contributed by atoms with Crippen molar-refractivity contribution in [2.45, 2.75) is 310 Å². The van der Waals surface area contributed by atoms with Crippen LogP contribution < -0.4 is 0 Å². The summed E-state index contributed by atoms with van der Waals surface area (Å²) in [6.45, 7) is 11.4. The van der Waals surface area contributed by atoms with E-state index in [-0.39, 0.29) is 31.1 Å². The second-order valence-corrected chi connectivity index (χ2v) is 19.6. The van der Waals surface area contributed by atoms with Crippen LogP contribution in [-0.2, 0) is 28.6 Å². The van der Waals surface area contributed by atoms with Gasteiger partial charge in [0.25, 0.3) is 0 Å². The molecule has 0 aromatic carbocycles. The van der Waals surface area contributed by atoms with Gasteiger partial charge in [0.1, 0.15) is 13.2 Å². The van der Waals surface area contributed by atoms with Gasteiger partial charge in [0.05, 0.1) is 0 Å². The van der Waals surface area contributed by atoms with Gasteiger partial charge in [-0.15, -0.1) is 0 Å². The molecule has 0 saturated carbocycles. The first-order valence-corrected chi connectivity index (χ1v) is 27.3. The van der Waals surface area contributed by atoms with Crippen molar-refractivity contribution in [1.82, 2.24) is 0 Å². The Labute approximate surface area is 380 Å². The van der Waals surface area contributed by atoms with E-state index in [0.717, 1.165) is 69.6 Å². The Kier molecular flexibility index (Phi) is 46.6. The van der Waals surface area contributed by atoms with Crippen LogP contribution in [0, 0.1) is 11.8 Å². The van der Waals surface area contributed by atoms with Gasteiger partial charge < -0.3 is 14.2 Å². The number of ether oxygens (including phenoxy) is 3. The van der Waals surface area contributed by atoms with Crippen molar-refractivity contribution in [2.75, 3.05) is 13.2 Å². The predicted molar refractivity (Wildman–Crippen MR) is 261 cm³/mol. The first-order chi connectivity index (χ1) is 29.8. The topological polar surface area (TPSA) is 78.9 Å². The molecule has 0 N–H and O–H groups in total. The molecule has 0 bridgehead atoms. The van der Waals surface area contributed by atoms with Crippen LogP contribution in [0.5, 0.6) is 0 Å². The third-order valence-electron chi connectivity index (χ3n) is 12.8. The molecule has 0 aromatic heterocycles. The summed E-state index contributed by atoms with van der Waals surface area (Å²) in [6, 6.07) is 0. The minimum absolute atomic E-state index is 0.0633. The minimum Gasteiger partial charge on any atom is -0.462 e. The second kappa shape index (κ2) is 47.9. The van der Waals surface area contributed by atoms with Crippen molar-refractivity contribution >= 4 is 17.9 Å². The molecule has 61 heavy (non-hydrogen) atoms. The zero-order chi connectivity index (χ0) is 44.7. The van der Waals surface area contributed by atoms with Crippen LogP contribution in [0.4, 0.5) is 0 Å². The lowest BCUT2D eigenvalue weighted by molar-refractivity contribution is -0.167. The van der Waals surface area contributed by atoms with Crippen molar-refractivity contribution in [3.8, 4) is 0 Å². The number of carbonyl (C=O) groups excluding carboxylic acids is 3. The van der Waals surface area contributed by atoms with Crippen molar-refractivity contribution in [1.29, 1.82) is 0 Å². The van der Waals surface area contributed by atoms with E-state index in [4.69, 9.17) is 14.2 Å². The summed E-state index contributed by atoms with van der Waals surface area (Å²) in [6.07, 6.45) is 49.4. The number of carbonyl (C=O) groups is 3. The third-order valence-corrected chi connectivity index (χ3v) is 12.8. The van der Waals surface area contributed by atoms with Gasteiger partial charge in [-0.05, 0) is 31.1 Å². The first-order valence-electron chi connectivity index (χ1n) is 27.3. The number of unbranched alkanes of at least 4 members (excludes halogenated alkanes) is 33. The SMILES string of the molecule is CCCCCCCCCCCCCCC(=O)OC[C@H](COC(=O)CCCCCCCCCCCCCCCCC(C)C)OC(=O)CCCCCCCCCCCCC(C)CC. The molecule has 0 amide bonds. The Morgan fingerprint density at radius 1 is 0.344 bits per heavy atom. The Hall–Kier alpha value is -1.59. The average Bonchev–Trinajstić information content (AvgIpc) is 3.24. The van der Waals surface area contributed by atoms with Crippen LogP contribution in [0.15, 0.2) is 0 Å². The van der Waals surface area contributed by atoms with Crippen molar-refractivity contribution < 1.29 is 28.6 Å². The van der Waals surface area contributed by atoms with Gasteiger partial charge in [-0.1, -0.05) is 266 Å². The number of hydrogen-bond acceptors (Lipinski definition) is 6. The first kappa shape index (κ1) is 59.4. The van der Waals surface area contributed by atoms with Gasteiger partial charge in [0.15, 0.2) is 6.10 Å². The fourth-order valence-corrected chi connectivity index (χ4v) is 8.31. The number of esters is 3.